The molecule has 1 saturated heterocycles. The van der Waals surface area contributed by atoms with Crippen LogP contribution in [0, 0.1) is 5.92 Å². The van der Waals surface area contributed by atoms with Gasteiger partial charge in [-0.2, -0.15) is 0 Å². The van der Waals surface area contributed by atoms with E-state index in [0.717, 1.165) is 25.6 Å². The number of sulfonamides is 1. The summed E-state index contributed by atoms with van der Waals surface area (Å²) in [5, 5.41) is 0.351. The molecular formula is C11H18ClN5O2S. The molecule has 0 spiro atoms. The predicted molar refractivity (Wildman–Crippen MR) is 79.2 cm³/mol. The number of rotatable bonds is 4. The highest BCUT2D eigenvalue weighted by atomic mass is 35.5. The van der Waals surface area contributed by atoms with Gasteiger partial charge in [0.25, 0.3) is 0 Å². The number of nitrogen functional groups attached to an aromatic ring is 1. The normalized spacial score (nSPS) is 20.1. The van der Waals surface area contributed by atoms with Crippen LogP contribution in [-0.4, -0.2) is 44.3 Å². The van der Waals surface area contributed by atoms with Crippen molar-refractivity contribution in [1.29, 1.82) is 0 Å². The molecule has 0 saturated carbocycles. The highest BCUT2D eigenvalue weighted by Gasteiger charge is 2.24. The molecule has 0 aliphatic carbocycles. The van der Waals surface area contributed by atoms with Gasteiger partial charge in [0.15, 0.2) is 5.82 Å². The Morgan fingerprint density at radius 2 is 2.30 bits per heavy atom. The van der Waals surface area contributed by atoms with E-state index in [2.05, 4.69) is 14.7 Å². The summed E-state index contributed by atoms with van der Waals surface area (Å²) in [5.74, 6) is 1.10. The average molecular weight is 320 g/mol. The fourth-order valence-corrected chi connectivity index (χ4v) is 3.04. The topological polar surface area (TPSA) is 101 Å². The minimum absolute atomic E-state index is 0.228. The van der Waals surface area contributed by atoms with Crippen LogP contribution >= 0.6 is 11.6 Å². The van der Waals surface area contributed by atoms with E-state index < -0.39 is 10.0 Å². The molecule has 7 nitrogen and oxygen atoms in total. The molecule has 1 atom stereocenters. The number of nitrogens with one attached hydrogen (secondary N) is 1. The number of aromatic nitrogens is 2. The zero-order valence-corrected chi connectivity index (χ0v) is 12.8. The highest BCUT2D eigenvalue weighted by molar-refractivity contribution is 7.88. The first-order chi connectivity index (χ1) is 9.37. The molecule has 1 fully saturated rings. The quantitative estimate of drug-likeness (QED) is 0.837. The third kappa shape index (κ3) is 3.94. The van der Waals surface area contributed by atoms with Crippen molar-refractivity contribution in [3.05, 3.63) is 11.3 Å². The van der Waals surface area contributed by atoms with Crippen LogP contribution in [0.15, 0.2) is 6.33 Å². The van der Waals surface area contributed by atoms with Crippen molar-refractivity contribution < 1.29 is 8.42 Å². The lowest BCUT2D eigenvalue weighted by Gasteiger charge is -2.34. The molecule has 1 aliphatic heterocycles. The number of piperidine rings is 1. The Hall–Kier alpha value is -1.12. The maximum Gasteiger partial charge on any atom is 0.208 e. The van der Waals surface area contributed by atoms with Crippen LogP contribution in [-0.2, 0) is 10.0 Å². The molecule has 20 heavy (non-hydrogen) atoms. The van der Waals surface area contributed by atoms with Crippen LogP contribution < -0.4 is 15.4 Å². The first-order valence-electron chi connectivity index (χ1n) is 6.32. The molecule has 0 amide bonds. The van der Waals surface area contributed by atoms with E-state index in [4.69, 9.17) is 17.3 Å². The van der Waals surface area contributed by atoms with Crippen LogP contribution in [0.25, 0.3) is 0 Å². The molecule has 0 radical (unpaired) electrons. The van der Waals surface area contributed by atoms with E-state index >= 15 is 0 Å². The Morgan fingerprint density at radius 1 is 1.55 bits per heavy atom. The van der Waals surface area contributed by atoms with Crippen LogP contribution in [0.4, 0.5) is 11.6 Å². The van der Waals surface area contributed by atoms with Crippen molar-refractivity contribution in [2.45, 2.75) is 12.8 Å². The standard InChI is InChI=1S/C11H18ClN5O2S/c1-20(18,19)16-5-8-3-2-4-17(6-8)11-9(12)10(13)14-7-15-11/h7-8,16H,2-6H2,1H3,(H2,13,14,15). The van der Waals surface area contributed by atoms with Gasteiger partial charge in [-0.15, -0.1) is 0 Å². The number of nitrogens with zero attached hydrogens (tertiary/aromatic N) is 3. The molecule has 1 aromatic heterocycles. The molecule has 1 aliphatic rings. The summed E-state index contributed by atoms with van der Waals surface area (Å²) in [7, 11) is -3.16. The summed E-state index contributed by atoms with van der Waals surface area (Å²) in [5.41, 5.74) is 5.68. The summed E-state index contributed by atoms with van der Waals surface area (Å²) < 4.78 is 24.8. The maximum atomic E-state index is 11.1. The summed E-state index contributed by atoms with van der Waals surface area (Å²) in [6.45, 7) is 1.94. The van der Waals surface area contributed by atoms with Gasteiger partial charge in [0.1, 0.15) is 17.2 Å². The smallest absolute Gasteiger partial charge is 0.208 e. The van der Waals surface area contributed by atoms with E-state index in [0.29, 0.717) is 23.9 Å². The monoisotopic (exact) mass is 319 g/mol. The van der Waals surface area contributed by atoms with Crippen molar-refractivity contribution in [2.75, 3.05) is 36.5 Å². The zero-order valence-electron chi connectivity index (χ0n) is 11.2. The molecule has 0 aromatic carbocycles. The van der Waals surface area contributed by atoms with Crippen molar-refractivity contribution in [2.24, 2.45) is 5.92 Å². The number of anilines is 2. The second kappa shape index (κ2) is 6.11. The second-order valence-corrected chi connectivity index (χ2v) is 7.18. The minimum atomic E-state index is -3.16. The second-order valence-electron chi connectivity index (χ2n) is 4.97. The van der Waals surface area contributed by atoms with Crippen molar-refractivity contribution >= 4 is 33.3 Å². The number of hydrogen-bond donors (Lipinski definition) is 2. The van der Waals surface area contributed by atoms with E-state index in [1.807, 2.05) is 4.90 Å². The van der Waals surface area contributed by atoms with E-state index in [1.165, 1.54) is 6.33 Å². The summed E-state index contributed by atoms with van der Waals surface area (Å²) in [6.07, 6.45) is 4.47. The molecule has 1 unspecified atom stereocenters. The Bertz CT molecular complexity index is 580. The first kappa shape index (κ1) is 15.3. The highest BCUT2D eigenvalue weighted by Crippen LogP contribution is 2.30. The third-order valence-corrected chi connectivity index (χ3v) is 4.30. The molecule has 112 valence electrons. The van der Waals surface area contributed by atoms with Crippen LogP contribution in [0.1, 0.15) is 12.8 Å². The lowest BCUT2D eigenvalue weighted by molar-refractivity contribution is 0.409. The van der Waals surface area contributed by atoms with Crippen LogP contribution in [0.2, 0.25) is 5.02 Å². The Balaban J connectivity index is 2.05. The van der Waals surface area contributed by atoms with Gasteiger partial charge in [-0.1, -0.05) is 11.6 Å². The van der Waals surface area contributed by atoms with Gasteiger partial charge in [-0.3, -0.25) is 0 Å². The van der Waals surface area contributed by atoms with Gasteiger partial charge in [-0.25, -0.2) is 23.1 Å². The van der Waals surface area contributed by atoms with Gasteiger partial charge in [0, 0.05) is 19.6 Å². The third-order valence-electron chi connectivity index (χ3n) is 3.25. The van der Waals surface area contributed by atoms with Gasteiger partial charge >= 0.3 is 0 Å². The molecular weight excluding hydrogens is 302 g/mol. The fourth-order valence-electron chi connectivity index (χ4n) is 2.29. The van der Waals surface area contributed by atoms with Gasteiger partial charge in [-0.05, 0) is 18.8 Å². The zero-order chi connectivity index (χ0) is 14.8. The van der Waals surface area contributed by atoms with Gasteiger partial charge < -0.3 is 10.6 Å². The summed E-state index contributed by atoms with van der Waals surface area (Å²) in [4.78, 5) is 10.0. The van der Waals surface area contributed by atoms with Crippen molar-refractivity contribution in [3.8, 4) is 0 Å². The summed E-state index contributed by atoms with van der Waals surface area (Å²) >= 11 is 6.12. The largest absolute Gasteiger partial charge is 0.382 e. The first-order valence-corrected chi connectivity index (χ1v) is 8.59. The molecule has 2 rings (SSSR count). The Labute approximate surface area is 123 Å². The van der Waals surface area contributed by atoms with E-state index in [-0.39, 0.29) is 11.7 Å². The lowest BCUT2D eigenvalue weighted by Crippen LogP contribution is -2.41. The summed E-state index contributed by atoms with van der Waals surface area (Å²) in [6, 6.07) is 0. The van der Waals surface area contributed by atoms with Crippen molar-refractivity contribution in [1.82, 2.24) is 14.7 Å². The lowest BCUT2D eigenvalue weighted by atomic mass is 9.98. The molecule has 1 aromatic rings. The Kier molecular flexibility index (Phi) is 4.66. The molecule has 9 heteroatoms. The van der Waals surface area contributed by atoms with E-state index in [1.54, 1.807) is 0 Å². The molecule has 2 heterocycles. The predicted octanol–water partition coefficient (Wildman–Crippen LogP) is 0.478. The number of halogens is 1. The van der Waals surface area contributed by atoms with E-state index in [9.17, 15) is 8.42 Å². The molecule has 3 N–H and O–H groups in total. The average Bonchev–Trinajstić information content (AvgIpc) is 2.39. The van der Waals surface area contributed by atoms with Gasteiger partial charge in [0.2, 0.25) is 10.0 Å². The van der Waals surface area contributed by atoms with Gasteiger partial charge in [0.05, 0.1) is 6.26 Å². The SMILES string of the molecule is CS(=O)(=O)NCC1CCCN(c2ncnc(N)c2Cl)C1. The fraction of sp³-hybridized carbons (Fsp3) is 0.636. The minimum Gasteiger partial charge on any atom is -0.382 e. The van der Waals surface area contributed by atoms with Crippen LogP contribution in [0.3, 0.4) is 0 Å². The molecule has 0 bridgehead atoms. The number of nitrogens with two attached hydrogens (primary N) is 1. The maximum absolute atomic E-state index is 11.1. The van der Waals surface area contributed by atoms with Crippen LogP contribution in [0.5, 0.6) is 0 Å². The Morgan fingerprint density at radius 3 is 3.00 bits per heavy atom. The number of hydrogen-bond acceptors (Lipinski definition) is 6. The van der Waals surface area contributed by atoms with Crippen molar-refractivity contribution in [3.63, 3.8) is 0 Å².